The minimum atomic E-state index is -3.30. The minimum Gasteiger partial charge on any atom is -0.496 e. The predicted molar refractivity (Wildman–Crippen MR) is 113 cm³/mol. The second-order valence-corrected chi connectivity index (χ2v) is 8.94. The highest BCUT2D eigenvalue weighted by atomic mass is 32.2. The van der Waals surface area contributed by atoms with Crippen LogP contribution < -0.4 is 15.4 Å². The van der Waals surface area contributed by atoms with Gasteiger partial charge in [0.25, 0.3) is 5.91 Å². The summed E-state index contributed by atoms with van der Waals surface area (Å²) < 4.78 is 28.3. The molecule has 2 aromatic carbocycles. The van der Waals surface area contributed by atoms with Crippen molar-refractivity contribution in [1.29, 1.82) is 0 Å². The van der Waals surface area contributed by atoms with Gasteiger partial charge in [-0.3, -0.25) is 9.59 Å². The van der Waals surface area contributed by atoms with E-state index < -0.39 is 27.7 Å². The van der Waals surface area contributed by atoms with Gasteiger partial charge in [-0.15, -0.1) is 0 Å². The molecule has 2 N–H and O–H groups in total. The first-order valence-electron chi connectivity index (χ1n) is 9.25. The number of carbonyl (C=O) groups is 2. The first kappa shape index (κ1) is 22.4. The van der Waals surface area contributed by atoms with E-state index >= 15 is 0 Å². The summed E-state index contributed by atoms with van der Waals surface area (Å²) in [5.41, 5.74) is 1.96. The van der Waals surface area contributed by atoms with Gasteiger partial charge in [0, 0.05) is 11.9 Å². The Morgan fingerprint density at radius 1 is 1.07 bits per heavy atom. The summed E-state index contributed by atoms with van der Waals surface area (Å²) in [4.78, 5) is 25.4. The van der Waals surface area contributed by atoms with Crippen molar-refractivity contribution in [3.63, 3.8) is 0 Å². The molecule has 0 aromatic heterocycles. The SMILES string of the molecule is CCc1ccc(NC(=O)C(CCS(C)(=O)=O)NC(=O)c2ccccc2OC)cc1. The largest absolute Gasteiger partial charge is 0.496 e. The van der Waals surface area contributed by atoms with Crippen LogP contribution in [0.5, 0.6) is 5.75 Å². The highest BCUT2D eigenvalue weighted by Gasteiger charge is 2.24. The normalized spacial score (nSPS) is 12.1. The van der Waals surface area contributed by atoms with Gasteiger partial charge < -0.3 is 15.4 Å². The third-order valence-electron chi connectivity index (χ3n) is 4.38. The molecule has 0 fully saturated rings. The second kappa shape index (κ2) is 10.1. The number of hydrogen-bond acceptors (Lipinski definition) is 5. The number of rotatable bonds is 9. The van der Waals surface area contributed by atoms with Gasteiger partial charge in [0.1, 0.15) is 21.6 Å². The Morgan fingerprint density at radius 2 is 1.72 bits per heavy atom. The Morgan fingerprint density at radius 3 is 2.31 bits per heavy atom. The highest BCUT2D eigenvalue weighted by molar-refractivity contribution is 7.90. The standard InChI is InChI=1S/C21H26N2O5S/c1-4-15-9-11-16(12-10-15)22-21(25)18(13-14-29(3,26)27)23-20(24)17-7-5-6-8-19(17)28-2/h5-12,18H,4,13-14H2,1-3H3,(H,22,25)(H,23,24). The lowest BCUT2D eigenvalue weighted by molar-refractivity contribution is -0.118. The lowest BCUT2D eigenvalue weighted by Crippen LogP contribution is -2.44. The zero-order valence-corrected chi connectivity index (χ0v) is 17.6. The minimum absolute atomic E-state index is 0.0431. The van der Waals surface area contributed by atoms with Crippen molar-refractivity contribution in [3.05, 3.63) is 59.7 Å². The maximum Gasteiger partial charge on any atom is 0.255 e. The van der Waals surface area contributed by atoms with Gasteiger partial charge in [-0.1, -0.05) is 31.2 Å². The van der Waals surface area contributed by atoms with Gasteiger partial charge in [0.15, 0.2) is 0 Å². The lowest BCUT2D eigenvalue weighted by Gasteiger charge is -2.19. The van der Waals surface area contributed by atoms with Crippen LogP contribution in [0.25, 0.3) is 0 Å². The van der Waals surface area contributed by atoms with E-state index in [4.69, 9.17) is 4.74 Å². The number of sulfone groups is 1. The first-order chi connectivity index (χ1) is 13.7. The van der Waals surface area contributed by atoms with E-state index in [2.05, 4.69) is 10.6 Å². The number of ether oxygens (including phenoxy) is 1. The number of nitrogens with one attached hydrogen (secondary N) is 2. The van der Waals surface area contributed by atoms with Crippen molar-refractivity contribution in [2.75, 3.05) is 24.4 Å². The molecule has 0 spiro atoms. The van der Waals surface area contributed by atoms with E-state index in [1.807, 2.05) is 19.1 Å². The molecule has 0 bridgehead atoms. The fraction of sp³-hybridized carbons (Fsp3) is 0.333. The van der Waals surface area contributed by atoms with Crippen LogP contribution in [0.3, 0.4) is 0 Å². The smallest absolute Gasteiger partial charge is 0.255 e. The molecule has 156 valence electrons. The van der Waals surface area contributed by atoms with Gasteiger partial charge in [-0.2, -0.15) is 0 Å². The number of anilines is 1. The summed E-state index contributed by atoms with van der Waals surface area (Å²) in [6, 6.07) is 12.9. The van der Waals surface area contributed by atoms with E-state index in [9.17, 15) is 18.0 Å². The zero-order valence-electron chi connectivity index (χ0n) is 16.8. The molecule has 2 amide bonds. The molecule has 7 nitrogen and oxygen atoms in total. The van der Waals surface area contributed by atoms with Crippen LogP contribution in [0, 0.1) is 0 Å². The number of methoxy groups -OCH3 is 1. The van der Waals surface area contributed by atoms with Crippen molar-refractivity contribution in [2.45, 2.75) is 25.8 Å². The Bertz CT molecular complexity index is 955. The molecule has 0 aliphatic heterocycles. The average Bonchev–Trinajstić information content (AvgIpc) is 2.70. The molecule has 0 saturated heterocycles. The molecule has 0 heterocycles. The van der Waals surface area contributed by atoms with E-state index in [1.165, 1.54) is 7.11 Å². The summed E-state index contributed by atoms with van der Waals surface area (Å²) in [6.07, 6.45) is 1.92. The monoisotopic (exact) mass is 418 g/mol. The quantitative estimate of drug-likeness (QED) is 0.651. The fourth-order valence-corrected chi connectivity index (χ4v) is 3.39. The molecular weight excluding hydrogens is 392 g/mol. The van der Waals surface area contributed by atoms with Crippen LogP contribution in [0.4, 0.5) is 5.69 Å². The van der Waals surface area contributed by atoms with E-state index in [-0.39, 0.29) is 17.7 Å². The molecule has 2 rings (SSSR count). The van der Waals surface area contributed by atoms with Gasteiger partial charge in [-0.25, -0.2) is 8.42 Å². The molecule has 0 saturated carbocycles. The predicted octanol–water partition coefficient (Wildman–Crippen LogP) is 2.43. The summed E-state index contributed by atoms with van der Waals surface area (Å²) in [7, 11) is -1.86. The highest BCUT2D eigenvalue weighted by Crippen LogP contribution is 2.18. The topological polar surface area (TPSA) is 102 Å². The third-order valence-corrected chi connectivity index (χ3v) is 5.36. The van der Waals surface area contributed by atoms with Gasteiger partial charge in [0.05, 0.1) is 18.4 Å². The van der Waals surface area contributed by atoms with Gasteiger partial charge >= 0.3 is 0 Å². The van der Waals surface area contributed by atoms with Crippen molar-refractivity contribution >= 4 is 27.3 Å². The van der Waals surface area contributed by atoms with Crippen molar-refractivity contribution < 1.29 is 22.7 Å². The van der Waals surface area contributed by atoms with Crippen molar-refractivity contribution in [3.8, 4) is 5.75 Å². The number of benzene rings is 2. The molecule has 0 aliphatic carbocycles. The fourth-order valence-electron chi connectivity index (χ4n) is 2.72. The summed E-state index contributed by atoms with van der Waals surface area (Å²) >= 11 is 0. The Hall–Kier alpha value is -2.87. The molecule has 8 heteroatoms. The number of aryl methyl sites for hydroxylation is 1. The molecule has 29 heavy (non-hydrogen) atoms. The Labute approximate surface area is 171 Å². The number of hydrogen-bond donors (Lipinski definition) is 2. The zero-order chi connectivity index (χ0) is 21.4. The second-order valence-electron chi connectivity index (χ2n) is 6.68. The maximum absolute atomic E-state index is 12.8. The number of para-hydroxylation sites is 1. The van der Waals surface area contributed by atoms with Crippen LogP contribution in [0.15, 0.2) is 48.5 Å². The van der Waals surface area contributed by atoms with E-state index in [1.54, 1.807) is 36.4 Å². The Balaban J connectivity index is 2.18. The van der Waals surface area contributed by atoms with Crippen LogP contribution in [0.2, 0.25) is 0 Å². The van der Waals surface area contributed by atoms with Crippen molar-refractivity contribution in [1.82, 2.24) is 5.32 Å². The molecule has 2 aromatic rings. The van der Waals surface area contributed by atoms with E-state index in [0.29, 0.717) is 11.4 Å². The van der Waals surface area contributed by atoms with Crippen LogP contribution in [0.1, 0.15) is 29.3 Å². The number of carbonyl (C=O) groups excluding carboxylic acids is 2. The summed E-state index contributed by atoms with van der Waals surface area (Å²) in [6.45, 7) is 2.03. The Kier molecular flexibility index (Phi) is 7.78. The van der Waals surface area contributed by atoms with Gasteiger partial charge in [0.2, 0.25) is 5.91 Å². The van der Waals surface area contributed by atoms with Crippen LogP contribution in [-0.2, 0) is 21.1 Å². The van der Waals surface area contributed by atoms with Crippen LogP contribution in [-0.4, -0.2) is 45.4 Å². The van der Waals surface area contributed by atoms with E-state index in [0.717, 1.165) is 18.2 Å². The first-order valence-corrected chi connectivity index (χ1v) is 11.3. The summed E-state index contributed by atoms with van der Waals surface area (Å²) in [5, 5.41) is 5.36. The molecule has 1 unspecified atom stereocenters. The third kappa shape index (κ3) is 6.90. The molecule has 0 radical (unpaired) electrons. The lowest BCUT2D eigenvalue weighted by atomic mass is 10.1. The molecular formula is C21H26N2O5S. The molecule has 0 aliphatic rings. The average molecular weight is 419 g/mol. The van der Waals surface area contributed by atoms with Crippen molar-refractivity contribution in [2.24, 2.45) is 0 Å². The maximum atomic E-state index is 12.8. The molecule has 1 atom stereocenters. The number of amides is 2. The van der Waals surface area contributed by atoms with Gasteiger partial charge in [-0.05, 0) is 42.7 Å². The van der Waals surface area contributed by atoms with Crippen LogP contribution >= 0.6 is 0 Å². The summed E-state index contributed by atoms with van der Waals surface area (Å²) in [5.74, 6) is -0.868.